The lowest BCUT2D eigenvalue weighted by Crippen LogP contribution is -2.29. The van der Waals surface area contributed by atoms with Crippen molar-refractivity contribution in [2.24, 2.45) is 0 Å². The fourth-order valence-corrected chi connectivity index (χ4v) is 2.69. The van der Waals surface area contributed by atoms with E-state index in [0.29, 0.717) is 12.6 Å². The van der Waals surface area contributed by atoms with E-state index in [4.69, 9.17) is 0 Å². The van der Waals surface area contributed by atoms with Crippen LogP contribution in [0.1, 0.15) is 47.1 Å². The molecule has 2 heterocycles. The number of rotatable bonds is 2. The number of aromatic carboxylic acids is 1. The molecule has 5 nitrogen and oxygen atoms in total. The van der Waals surface area contributed by atoms with Crippen molar-refractivity contribution in [2.75, 3.05) is 13.6 Å². The van der Waals surface area contributed by atoms with Crippen molar-refractivity contribution in [2.45, 2.75) is 38.3 Å². The maximum atomic E-state index is 11.2. The minimum absolute atomic E-state index is 0.262. The summed E-state index contributed by atoms with van der Waals surface area (Å²) in [5, 5.41) is 13.6. The van der Waals surface area contributed by atoms with E-state index < -0.39 is 5.97 Å². The molecule has 0 amide bonds. The minimum Gasteiger partial charge on any atom is -0.476 e. The molecule has 0 unspecified atom stereocenters. The Morgan fingerprint density at radius 2 is 2.24 bits per heavy atom. The van der Waals surface area contributed by atoms with Crippen LogP contribution >= 0.6 is 0 Å². The summed E-state index contributed by atoms with van der Waals surface area (Å²) in [7, 11) is 2.02. The zero-order valence-corrected chi connectivity index (χ0v) is 10.0. The third kappa shape index (κ3) is 1.65. The smallest absolute Gasteiger partial charge is 0.356 e. The van der Waals surface area contributed by atoms with Gasteiger partial charge < -0.3 is 10.0 Å². The summed E-state index contributed by atoms with van der Waals surface area (Å²) in [5.74, 6) is -0.894. The lowest BCUT2D eigenvalue weighted by molar-refractivity contribution is 0.0686. The predicted octanol–water partition coefficient (Wildman–Crippen LogP) is 1.29. The highest BCUT2D eigenvalue weighted by Crippen LogP contribution is 2.35. The summed E-state index contributed by atoms with van der Waals surface area (Å²) in [6.45, 7) is 1.70. The van der Waals surface area contributed by atoms with Crippen LogP contribution in [0.25, 0.3) is 0 Å². The molecule has 92 valence electrons. The number of likely N-dealkylation sites (N-methyl/N-ethyl adjacent to an activating group) is 1. The van der Waals surface area contributed by atoms with Crippen molar-refractivity contribution in [3.05, 3.63) is 17.0 Å². The van der Waals surface area contributed by atoms with Crippen molar-refractivity contribution in [1.29, 1.82) is 0 Å². The second-order valence-electron chi connectivity index (χ2n) is 5.10. The van der Waals surface area contributed by atoms with Gasteiger partial charge in [-0.1, -0.05) is 0 Å². The van der Waals surface area contributed by atoms with E-state index in [1.165, 1.54) is 6.42 Å². The van der Waals surface area contributed by atoms with Crippen molar-refractivity contribution in [3.63, 3.8) is 0 Å². The molecule has 0 aromatic carbocycles. The first-order chi connectivity index (χ1) is 8.16. The summed E-state index contributed by atoms with van der Waals surface area (Å²) < 4.78 is 2.00. The maximum absolute atomic E-state index is 11.2. The van der Waals surface area contributed by atoms with Crippen molar-refractivity contribution >= 4 is 5.97 Å². The first kappa shape index (κ1) is 10.8. The van der Waals surface area contributed by atoms with E-state index in [1.54, 1.807) is 0 Å². The van der Waals surface area contributed by atoms with E-state index in [-0.39, 0.29) is 5.69 Å². The quantitative estimate of drug-likeness (QED) is 0.839. The lowest BCUT2D eigenvalue weighted by Gasteiger charge is -2.30. The first-order valence-corrected chi connectivity index (χ1v) is 6.19. The van der Waals surface area contributed by atoms with Gasteiger partial charge in [0.25, 0.3) is 0 Å². The third-order valence-electron chi connectivity index (χ3n) is 3.90. The molecule has 1 aliphatic heterocycles. The molecule has 17 heavy (non-hydrogen) atoms. The molecule has 3 rings (SSSR count). The van der Waals surface area contributed by atoms with Gasteiger partial charge in [-0.05, 0) is 26.3 Å². The molecule has 1 aromatic heterocycles. The van der Waals surface area contributed by atoms with E-state index in [1.807, 2.05) is 11.7 Å². The molecule has 0 spiro atoms. The summed E-state index contributed by atoms with van der Waals surface area (Å²) >= 11 is 0. The highest BCUT2D eigenvalue weighted by Gasteiger charge is 2.31. The van der Waals surface area contributed by atoms with Gasteiger partial charge in [-0.15, -0.1) is 0 Å². The Labute approximate surface area is 100 Å². The molecule has 1 N–H and O–H groups in total. The second kappa shape index (κ2) is 3.84. The molecule has 0 radical (unpaired) electrons. The van der Waals surface area contributed by atoms with Gasteiger partial charge in [0.15, 0.2) is 5.69 Å². The maximum Gasteiger partial charge on any atom is 0.356 e. The van der Waals surface area contributed by atoms with Gasteiger partial charge in [0.1, 0.15) is 0 Å². The van der Waals surface area contributed by atoms with Crippen LogP contribution in [-0.2, 0) is 13.0 Å². The minimum atomic E-state index is -0.894. The van der Waals surface area contributed by atoms with Gasteiger partial charge >= 0.3 is 5.97 Å². The van der Waals surface area contributed by atoms with Gasteiger partial charge in [-0.25, -0.2) is 4.79 Å². The zero-order chi connectivity index (χ0) is 12.0. The molecule has 0 bridgehead atoms. The fourth-order valence-electron chi connectivity index (χ4n) is 2.69. The Bertz CT molecular complexity index is 463. The number of carboxylic acids is 1. The average molecular weight is 235 g/mol. The Morgan fingerprint density at radius 1 is 1.47 bits per heavy atom. The van der Waals surface area contributed by atoms with Crippen LogP contribution in [0.5, 0.6) is 0 Å². The molecule has 2 aliphatic rings. The number of aromatic nitrogens is 2. The monoisotopic (exact) mass is 235 g/mol. The van der Waals surface area contributed by atoms with Crippen LogP contribution in [0.3, 0.4) is 0 Å². The summed E-state index contributed by atoms with van der Waals surface area (Å²) in [6, 6.07) is 0.445. The summed E-state index contributed by atoms with van der Waals surface area (Å²) in [4.78, 5) is 13.4. The van der Waals surface area contributed by atoms with Crippen molar-refractivity contribution in [3.8, 4) is 0 Å². The van der Waals surface area contributed by atoms with Crippen LogP contribution in [0.4, 0.5) is 0 Å². The standard InChI is InChI=1S/C12H17N3O2/c1-14-6-5-10-9(7-14)11(12(16)17)13-15(10)8-3-2-4-8/h8H,2-7H2,1H3,(H,16,17). The molecule has 0 saturated heterocycles. The number of carboxylic acid groups (broad SMARTS) is 1. The molecule has 1 saturated carbocycles. The van der Waals surface area contributed by atoms with Gasteiger partial charge in [-0.3, -0.25) is 4.68 Å². The Kier molecular flexibility index (Phi) is 2.43. The normalized spacial score (nSPS) is 21.0. The third-order valence-corrected chi connectivity index (χ3v) is 3.90. The molecular formula is C12H17N3O2. The number of carbonyl (C=O) groups is 1. The molecular weight excluding hydrogens is 218 g/mol. The van der Waals surface area contributed by atoms with Gasteiger partial charge in [0.05, 0.1) is 6.04 Å². The van der Waals surface area contributed by atoms with Crippen LogP contribution < -0.4 is 0 Å². The summed E-state index contributed by atoms with van der Waals surface area (Å²) in [5.41, 5.74) is 2.35. The van der Waals surface area contributed by atoms with Gasteiger partial charge in [0.2, 0.25) is 0 Å². The van der Waals surface area contributed by atoms with Crippen LogP contribution in [0, 0.1) is 0 Å². The Morgan fingerprint density at radius 3 is 2.82 bits per heavy atom. The Balaban J connectivity index is 2.05. The first-order valence-electron chi connectivity index (χ1n) is 6.19. The Hall–Kier alpha value is -1.36. The van der Waals surface area contributed by atoms with Gasteiger partial charge in [0, 0.05) is 30.8 Å². The average Bonchev–Trinajstić information content (AvgIpc) is 2.54. The number of hydrogen-bond donors (Lipinski definition) is 1. The highest BCUT2D eigenvalue weighted by molar-refractivity contribution is 5.87. The summed E-state index contributed by atoms with van der Waals surface area (Å²) in [6.07, 6.45) is 4.44. The predicted molar refractivity (Wildman–Crippen MR) is 62.1 cm³/mol. The lowest BCUT2D eigenvalue weighted by atomic mass is 9.92. The van der Waals surface area contributed by atoms with E-state index in [0.717, 1.165) is 37.1 Å². The van der Waals surface area contributed by atoms with E-state index >= 15 is 0 Å². The zero-order valence-electron chi connectivity index (χ0n) is 10.0. The molecule has 0 atom stereocenters. The van der Waals surface area contributed by atoms with Crippen molar-refractivity contribution in [1.82, 2.24) is 14.7 Å². The fraction of sp³-hybridized carbons (Fsp3) is 0.667. The van der Waals surface area contributed by atoms with Crippen LogP contribution in [0.15, 0.2) is 0 Å². The second-order valence-corrected chi connectivity index (χ2v) is 5.10. The molecule has 1 aliphatic carbocycles. The van der Waals surface area contributed by atoms with Crippen LogP contribution in [0.2, 0.25) is 0 Å². The topological polar surface area (TPSA) is 58.4 Å². The van der Waals surface area contributed by atoms with E-state index in [9.17, 15) is 9.90 Å². The van der Waals surface area contributed by atoms with Gasteiger partial charge in [-0.2, -0.15) is 5.10 Å². The molecule has 1 aromatic rings. The SMILES string of the molecule is CN1CCc2c(c(C(=O)O)nn2C2CCC2)C1. The van der Waals surface area contributed by atoms with Crippen molar-refractivity contribution < 1.29 is 9.90 Å². The van der Waals surface area contributed by atoms with Crippen LogP contribution in [-0.4, -0.2) is 39.3 Å². The largest absolute Gasteiger partial charge is 0.476 e. The number of fused-ring (bicyclic) bond motifs is 1. The van der Waals surface area contributed by atoms with E-state index in [2.05, 4.69) is 10.00 Å². The number of hydrogen-bond acceptors (Lipinski definition) is 3. The molecule has 1 fully saturated rings. The highest BCUT2D eigenvalue weighted by atomic mass is 16.4. The number of nitrogens with zero attached hydrogens (tertiary/aromatic N) is 3. The molecule has 5 heteroatoms.